The van der Waals surface area contributed by atoms with Crippen molar-refractivity contribution in [1.82, 2.24) is 31.5 Å². The summed E-state index contributed by atoms with van der Waals surface area (Å²) in [5.41, 5.74) is 13.7. The molecule has 2 fully saturated rings. The van der Waals surface area contributed by atoms with Crippen LogP contribution < -0.4 is 38.1 Å². The van der Waals surface area contributed by atoms with Crippen molar-refractivity contribution in [3.05, 3.63) is 71.8 Å². The Morgan fingerprint density at radius 3 is 1.95 bits per heavy atom. The van der Waals surface area contributed by atoms with E-state index in [0.29, 0.717) is 58.0 Å². The molecule has 1 saturated heterocycles. The molecule has 15 heteroatoms. The molecule has 0 spiro atoms. The van der Waals surface area contributed by atoms with Gasteiger partial charge in [-0.1, -0.05) is 133 Å². The molecule has 0 bridgehead atoms. The van der Waals surface area contributed by atoms with Crippen molar-refractivity contribution in [2.75, 3.05) is 19.6 Å². The van der Waals surface area contributed by atoms with Crippen molar-refractivity contribution in [1.29, 1.82) is 0 Å². The lowest BCUT2D eigenvalue weighted by molar-refractivity contribution is -0.143. The van der Waals surface area contributed by atoms with Crippen LogP contribution in [0.4, 0.5) is 0 Å². The summed E-state index contributed by atoms with van der Waals surface area (Å²) in [5, 5.41) is 25.4. The number of carboxylic acids is 1. The molecule has 4 rings (SSSR count). The van der Waals surface area contributed by atoms with E-state index in [9.17, 15) is 33.9 Å². The highest BCUT2D eigenvalue weighted by molar-refractivity contribution is 5.94. The summed E-state index contributed by atoms with van der Waals surface area (Å²) in [7, 11) is 0. The first-order valence-corrected chi connectivity index (χ1v) is 23.7. The van der Waals surface area contributed by atoms with Crippen LogP contribution in [0.3, 0.4) is 0 Å². The molecular weight excluding hydrogens is 813 g/mol. The van der Waals surface area contributed by atoms with Gasteiger partial charge in [0.05, 0.1) is 12.1 Å². The number of carboxylic acid groups (broad SMARTS) is 1. The van der Waals surface area contributed by atoms with E-state index in [1.807, 2.05) is 88.4 Å². The number of carbonyl (C=O) groups excluding carboxylic acids is 5. The summed E-state index contributed by atoms with van der Waals surface area (Å²) in [6, 6.07) is 13.3. The molecule has 0 aromatic heterocycles. The fraction of sp³-hybridized carbons (Fsp3) is 0.633. The van der Waals surface area contributed by atoms with Gasteiger partial charge in [0.15, 0.2) is 0 Å². The number of likely N-dealkylation sites (tertiary alicyclic amines) is 1. The van der Waals surface area contributed by atoms with Gasteiger partial charge < -0.3 is 48.1 Å². The standard InChI is InChI=1S/C49H76N8O7/c1-5-33(4)43(47(61)54-40(49(63)64)30-36-22-13-8-14-23-36)56-44(58)39(29-35-20-11-7-12-21-35)52-31-37(28-34-18-9-6-10-19-34)53-46(60)42(32(2)3)55-45(59)41-25-17-27-57(41)48(62)38(51)24-15-16-26-50/h6-7,9-12,18-21,32-33,36-43,52H,5,8,13-17,22-31,50-51H2,1-4H3,(H,53,60)(H,54,61)(H,55,59)(H,56,58)(H,63,64)/t33-,37+,38+,39+,40+,41?,42+,43+/m1/s1. The largest absolute Gasteiger partial charge is 0.480 e. The van der Waals surface area contributed by atoms with E-state index in [-0.39, 0.29) is 36.6 Å². The maximum atomic E-state index is 14.4. The predicted molar refractivity (Wildman–Crippen MR) is 249 cm³/mol. The van der Waals surface area contributed by atoms with E-state index in [1.165, 1.54) is 4.90 Å². The average molecular weight is 889 g/mol. The van der Waals surface area contributed by atoms with Crippen LogP contribution in [-0.2, 0) is 41.6 Å². The van der Waals surface area contributed by atoms with Gasteiger partial charge in [-0.15, -0.1) is 0 Å². The van der Waals surface area contributed by atoms with Crippen molar-refractivity contribution < 1.29 is 33.9 Å². The number of hydrogen-bond donors (Lipinski definition) is 8. The summed E-state index contributed by atoms with van der Waals surface area (Å²) in [6.45, 7) is 8.55. The molecule has 1 heterocycles. The SMILES string of the molecule is CC[C@@H](C)[C@H](NC(=O)[C@H](Cc1ccccc1)NC[C@H](Cc1ccccc1)NC(=O)[C@@H](NC(=O)C1CCCN1C(=O)[C@@H](N)CCCCN)C(C)C)C(=O)N[C@@H](CC1CCCCC1)C(=O)O. The molecule has 5 amide bonds. The van der Waals surface area contributed by atoms with E-state index in [4.69, 9.17) is 11.5 Å². The minimum Gasteiger partial charge on any atom is -0.480 e. The number of carbonyl (C=O) groups is 6. The highest BCUT2D eigenvalue weighted by atomic mass is 16.4. The molecule has 2 aromatic carbocycles. The Kier molecular flexibility index (Phi) is 21.7. The molecule has 8 atom stereocenters. The number of nitrogens with two attached hydrogens (primary N) is 2. The molecule has 1 aliphatic carbocycles. The van der Waals surface area contributed by atoms with Crippen LogP contribution in [0.1, 0.15) is 116 Å². The lowest BCUT2D eigenvalue weighted by Crippen LogP contribution is -2.60. The smallest absolute Gasteiger partial charge is 0.326 e. The van der Waals surface area contributed by atoms with Gasteiger partial charge in [-0.3, -0.25) is 24.0 Å². The minimum absolute atomic E-state index is 0.153. The Morgan fingerprint density at radius 1 is 0.734 bits per heavy atom. The number of benzene rings is 2. The zero-order valence-electron chi connectivity index (χ0n) is 38.6. The zero-order valence-corrected chi connectivity index (χ0v) is 38.6. The van der Waals surface area contributed by atoms with E-state index >= 15 is 0 Å². The Bertz CT molecular complexity index is 1780. The fourth-order valence-electron chi connectivity index (χ4n) is 8.88. The first-order chi connectivity index (χ1) is 30.7. The maximum absolute atomic E-state index is 14.4. The summed E-state index contributed by atoms with van der Waals surface area (Å²) >= 11 is 0. The van der Waals surface area contributed by atoms with Gasteiger partial charge >= 0.3 is 5.97 Å². The third kappa shape index (κ3) is 16.3. The first kappa shape index (κ1) is 51.8. The number of rotatable bonds is 26. The van der Waals surface area contributed by atoms with Gasteiger partial charge in [-0.2, -0.15) is 0 Å². The van der Waals surface area contributed by atoms with Crippen molar-refractivity contribution >= 4 is 35.5 Å². The quantitative estimate of drug-likeness (QED) is 0.0640. The minimum atomic E-state index is -1.09. The number of amides is 5. The number of unbranched alkanes of at least 4 members (excludes halogenated alkanes) is 1. The summed E-state index contributed by atoms with van der Waals surface area (Å²) in [4.78, 5) is 83.6. The van der Waals surface area contributed by atoms with Crippen LogP contribution >= 0.6 is 0 Å². The van der Waals surface area contributed by atoms with Crippen molar-refractivity contribution in [2.24, 2.45) is 29.2 Å². The summed E-state index contributed by atoms with van der Waals surface area (Å²) < 4.78 is 0. The Balaban J connectivity index is 1.52. The van der Waals surface area contributed by atoms with Crippen LogP contribution in [0.25, 0.3) is 0 Å². The van der Waals surface area contributed by atoms with E-state index in [2.05, 4.69) is 26.6 Å². The molecule has 0 radical (unpaired) electrons. The third-order valence-corrected chi connectivity index (χ3v) is 13.0. The molecule has 15 nitrogen and oxygen atoms in total. The second-order valence-electron chi connectivity index (χ2n) is 18.4. The maximum Gasteiger partial charge on any atom is 0.326 e. The van der Waals surface area contributed by atoms with Gasteiger partial charge in [0.2, 0.25) is 29.5 Å². The molecule has 354 valence electrons. The zero-order chi connectivity index (χ0) is 46.6. The van der Waals surface area contributed by atoms with Crippen LogP contribution in [0.2, 0.25) is 0 Å². The van der Waals surface area contributed by atoms with Crippen LogP contribution in [-0.4, -0.2) is 107 Å². The molecule has 2 aromatic rings. The normalized spacial score (nSPS) is 18.8. The van der Waals surface area contributed by atoms with Crippen LogP contribution in [0.15, 0.2) is 60.7 Å². The predicted octanol–water partition coefficient (Wildman–Crippen LogP) is 3.57. The second kappa shape index (κ2) is 26.8. The molecule has 1 saturated carbocycles. The third-order valence-electron chi connectivity index (χ3n) is 13.0. The molecule has 2 aliphatic rings. The van der Waals surface area contributed by atoms with Crippen LogP contribution in [0, 0.1) is 17.8 Å². The van der Waals surface area contributed by atoms with Crippen LogP contribution in [0.5, 0.6) is 0 Å². The average Bonchev–Trinajstić information content (AvgIpc) is 3.79. The number of aliphatic carboxylic acids is 1. The molecule has 64 heavy (non-hydrogen) atoms. The van der Waals surface area contributed by atoms with Gasteiger partial charge in [0.25, 0.3) is 0 Å². The Labute approximate surface area is 380 Å². The van der Waals surface area contributed by atoms with E-state index in [0.717, 1.165) is 49.7 Å². The Hall–Kier alpha value is -4.86. The number of hydrogen-bond acceptors (Lipinski definition) is 9. The molecule has 10 N–H and O–H groups in total. The topological polar surface area (TPSA) is 238 Å². The van der Waals surface area contributed by atoms with Gasteiger partial charge in [-0.25, -0.2) is 4.79 Å². The summed E-state index contributed by atoms with van der Waals surface area (Å²) in [6.07, 6.45) is 9.73. The van der Waals surface area contributed by atoms with E-state index < -0.39 is 71.9 Å². The summed E-state index contributed by atoms with van der Waals surface area (Å²) in [5.74, 6) is -3.53. The molecule has 1 unspecified atom stereocenters. The van der Waals surface area contributed by atoms with Crippen molar-refractivity contribution in [3.8, 4) is 0 Å². The fourth-order valence-corrected chi connectivity index (χ4v) is 8.88. The van der Waals surface area contributed by atoms with Gasteiger partial charge in [0, 0.05) is 19.1 Å². The molecule has 1 aliphatic heterocycles. The lowest BCUT2D eigenvalue weighted by atomic mass is 9.84. The highest BCUT2D eigenvalue weighted by Gasteiger charge is 2.39. The number of nitrogens with one attached hydrogen (secondary N) is 5. The first-order valence-electron chi connectivity index (χ1n) is 23.7. The monoisotopic (exact) mass is 889 g/mol. The number of nitrogens with zero attached hydrogens (tertiary/aromatic N) is 1. The van der Waals surface area contributed by atoms with E-state index in [1.54, 1.807) is 0 Å². The van der Waals surface area contributed by atoms with Crippen molar-refractivity contribution in [3.63, 3.8) is 0 Å². The molecular formula is C49H76N8O7. The Morgan fingerprint density at radius 2 is 1.36 bits per heavy atom. The lowest BCUT2D eigenvalue weighted by Gasteiger charge is -2.31. The van der Waals surface area contributed by atoms with Crippen molar-refractivity contribution in [2.45, 2.75) is 160 Å². The van der Waals surface area contributed by atoms with Gasteiger partial charge in [0.1, 0.15) is 24.2 Å². The second-order valence-corrected chi connectivity index (χ2v) is 18.4. The van der Waals surface area contributed by atoms with Gasteiger partial charge in [-0.05, 0) is 80.4 Å². The highest BCUT2D eigenvalue weighted by Crippen LogP contribution is 2.28.